The second-order valence-electron chi connectivity index (χ2n) is 5.68. The van der Waals surface area contributed by atoms with Gasteiger partial charge in [-0.15, -0.1) is 11.3 Å². The van der Waals surface area contributed by atoms with E-state index < -0.39 is 0 Å². The number of rotatable bonds is 2. The molecule has 0 spiro atoms. The number of fused-ring (bicyclic) bond motifs is 1. The highest BCUT2D eigenvalue weighted by Gasteiger charge is 2.15. The molecule has 0 saturated carbocycles. The number of amides is 1. The Balaban J connectivity index is 2.29. The Labute approximate surface area is 116 Å². The van der Waals surface area contributed by atoms with E-state index in [1.165, 1.54) is 4.57 Å². The van der Waals surface area contributed by atoms with Crippen LogP contribution in [0.2, 0.25) is 0 Å². The molecular formula is C14H18N2O2S. The van der Waals surface area contributed by atoms with Crippen molar-refractivity contribution in [1.29, 1.82) is 0 Å². The van der Waals surface area contributed by atoms with Crippen molar-refractivity contribution in [2.24, 2.45) is 0 Å². The van der Waals surface area contributed by atoms with Crippen LogP contribution in [-0.4, -0.2) is 16.0 Å². The zero-order valence-electron chi connectivity index (χ0n) is 11.6. The number of thiophene rings is 1. The average Bonchev–Trinajstić information content (AvgIpc) is 2.61. The summed E-state index contributed by atoms with van der Waals surface area (Å²) < 4.78 is 2.42. The Hall–Kier alpha value is -1.62. The third-order valence-corrected chi connectivity index (χ3v) is 3.63. The van der Waals surface area contributed by atoms with Crippen LogP contribution < -0.4 is 10.9 Å². The molecule has 0 aliphatic carbocycles. The topological polar surface area (TPSA) is 51.1 Å². The van der Waals surface area contributed by atoms with Crippen molar-refractivity contribution in [3.8, 4) is 0 Å². The highest BCUT2D eigenvalue weighted by Crippen LogP contribution is 2.21. The summed E-state index contributed by atoms with van der Waals surface area (Å²) in [6.07, 6.45) is 1.68. The molecular weight excluding hydrogens is 260 g/mol. The molecule has 0 aliphatic rings. The Kier molecular flexibility index (Phi) is 3.49. The highest BCUT2D eigenvalue weighted by molar-refractivity contribution is 7.18. The SMILES string of the molecule is Cc1cc2c(=O)n(CC(=O)NC(C)(C)C)ccc2s1. The Morgan fingerprint density at radius 2 is 2.11 bits per heavy atom. The molecule has 1 N–H and O–H groups in total. The van der Waals surface area contributed by atoms with Crippen LogP contribution in [-0.2, 0) is 11.3 Å². The predicted octanol–water partition coefficient (Wildman–Crippen LogP) is 2.29. The fourth-order valence-corrected chi connectivity index (χ4v) is 2.85. The molecule has 2 aromatic rings. The number of aromatic nitrogens is 1. The quantitative estimate of drug-likeness (QED) is 0.916. The zero-order chi connectivity index (χ0) is 14.2. The highest BCUT2D eigenvalue weighted by atomic mass is 32.1. The van der Waals surface area contributed by atoms with Gasteiger partial charge in [-0.05, 0) is 39.8 Å². The molecule has 19 heavy (non-hydrogen) atoms. The molecule has 0 radical (unpaired) electrons. The van der Waals surface area contributed by atoms with Gasteiger partial charge in [-0.25, -0.2) is 0 Å². The molecule has 2 rings (SSSR count). The van der Waals surface area contributed by atoms with Gasteiger partial charge in [0.25, 0.3) is 5.56 Å². The smallest absolute Gasteiger partial charge is 0.259 e. The first-order valence-electron chi connectivity index (χ1n) is 6.17. The molecule has 0 unspecified atom stereocenters. The molecule has 2 aromatic heterocycles. The van der Waals surface area contributed by atoms with E-state index in [9.17, 15) is 9.59 Å². The van der Waals surface area contributed by atoms with Gasteiger partial charge in [0.05, 0.1) is 5.39 Å². The Morgan fingerprint density at radius 3 is 2.74 bits per heavy atom. The molecule has 0 fully saturated rings. The first kappa shape index (κ1) is 13.8. The predicted molar refractivity (Wildman–Crippen MR) is 78.7 cm³/mol. The average molecular weight is 278 g/mol. The van der Waals surface area contributed by atoms with Gasteiger partial charge in [-0.2, -0.15) is 0 Å². The number of carbonyl (C=O) groups is 1. The summed E-state index contributed by atoms with van der Waals surface area (Å²) in [6, 6.07) is 3.76. The minimum atomic E-state index is -0.288. The molecule has 102 valence electrons. The van der Waals surface area contributed by atoms with Crippen LogP contribution in [0.15, 0.2) is 23.1 Å². The van der Waals surface area contributed by atoms with Crippen LogP contribution in [0.3, 0.4) is 0 Å². The summed E-state index contributed by atoms with van der Waals surface area (Å²) in [4.78, 5) is 25.2. The second kappa shape index (κ2) is 4.81. The molecule has 0 bridgehead atoms. The van der Waals surface area contributed by atoms with Crippen molar-refractivity contribution in [1.82, 2.24) is 9.88 Å². The number of hydrogen-bond donors (Lipinski definition) is 1. The first-order valence-corrected chi connectivity index (χ1v) is 6.98. The number of nitrogens with zero attached hydrogens (tertiary/aromatic N) is 1. The van der Waals surface area contributed by atoms with Crippen LogP contribution in [0.1, 0.15) is 25.6 Å². The molecule has 0 aliphatic heterocycles. The minimum Gasteiger partial charge on any atom is -0.350 e. The van der Waals surface area contributed by atoms with Crippen LogP contribution in [0.25, 0.3) is 10.1 Å². The fraction of sp³-hybridized carbons (Fsp3) is 0.429. The van der Waals surface area contributed by atoms with Crippen LogP contribution in [0, 0.1) is 6.92 Å². The first-order chi connectivity index (χ1) is 8.76. The lowest BCUT2D eigenvalue weighted by molar-refractivity contribution is -0.123. The number of hydrogen-bond acceptors (Lipinski definition) is 3. The number of nitrogens with one attached hydrogen (secondary N) is 1. The maximum Gasteiger partial charge on any atom is 0.259 e. The van der Waals surface area contributed by atoms with Crippen molar-refractivity contribution in [2.75, 3.05) is 0 Å². The molecule has 4 nitrogen and oxygen atoms in total. The lowest BCUT2D eigenvalue weighted by Gasteiger charge is -2.20. The molecule has 0 aromatic carbocycles. The van der Waals surface area contributed by atoms with E-state index in [2.05, 4.69) is 5.32 Å². The summed E-state index contributed by atoms with van der Waals surface area (Å²) >= 11 is 1.59. The van der Waals surface area contributed by atoms with Crippen molar-refractivity contribution in [2.45, 2.75) is 39.8 Å². The van der Waals surface area contributed by atoms with E-state index in [1.807, 2.05) is 39.8 Å². The van der Waals surface area contributed by atoms with Crippen LogP contribution in [0.4, 0.5) is 0 Å². The van der Waals surface area contributed by atoms with E-state index in [-0.39, 0.29) is 23.6 Å². The van der Waals surface area contributed by atoms with Gasteiger partial charge in [-0.3, -0.25) is 9.59 Å². The van der Waals surface area contributed by atoms with Crippen LogP contribution >= 0.6 is 11.3 Å². The van der Waals surface area contributed by atoms with Gasteiger partial charge in [0.1, 0.15) is 6.54 Å². The van der Waals surface area contributed by atoms with Crippen molar-refractivity contribution in [3.05, 3.63) is 33.6 Å². The normalized spacial score (nSPS) is 11.8. The molecule has 0 saturated heterocycles. The fourth-order valence-electron chi connectivity index (χ4n) is 1.94. The third-order valence-electron chi connectivity index (χ3n) is 2.61. The van der Waals surface area contributed by atoms with Gasteiger partial charge in [0.2, 0.25) is 5.91 Å². The third kappa shape index (κ3) is 3.23. The van der Waals surface area contributed by atoms with Gasteiger partial charge >= 0.3 is 0 Å². The van der Waals surface area contributed by atoms with E-state index in [0.29, 0.717) is 5.39 Å². The maximum absolute atomic E-state index is 12.2. The molecule has 5 heteroatoms. The maximum atomic E-state index is 12.2. The van der Waals surface area contributed by atoms with E-state index in [4.69, 9.17) is 0 Å². The summed E-state index contributed by atoms with van der Waals surface area (Å²) in [5.74, 6) is -0.152. The second-order valence-corrected chi connectivity index (χ2v) is 6.97. The van der Waals surface area contributed by atoms with Crippen LogP contribution in [0.5, 0.6) is 0 Å². The van der Waals surface area contributed by atoms with Gasteiger partial charge < -0.3 is 9.88 Å². The summed E-state index contributed by atoms with van der Waals surface area (Å²) in [7, 11) is 0. The minimum absolute atomic E-state index is 0.0565. The van der Waals surface area contributed by atoms with Crippen molar-refractivity contribution < 1.29 is 4.79 Å². The Morgan fingerprint density at radius 1 is 1.42 bits per heavy atom. The largest absolute Gasteiger partial charge is 0.350 e. The van der Waals surface area contributed by atoms with Crippen molar-refractivity contribution >= 4 is 27.3 Å². The van der Waals surface area contributed by atoms with E-state index >= 15 is 0 Å². The van der Waals surface area contributed by atoms with Crippen molar-refractivity contribution in [3.63, 3.8) is 0 Å². The van der Waals surface area contributed by atoms with E-state index in [1.54, 1.807) is 17.5 Å². The molecule has 0 atom stereocenters. The van der Waals surface area contributed by atoms with Gasteiger partial charge in [0.15, 0.2) is 0 Å². The summed E-state index contributed by atoms with van der Waals surface area (Å²) in [5, 5.41) is 3.54. The number of aryl methyl sites for hydroxylation is 1. The van der Waals surface area contributed by atoms with Gasteiger partial charge in [-0.1, -0.05) is 0 Å². The summed E-state index contributed by atoms with van der Waals surface area (Å²) in [6.45, 7) is 7.78. The standard InChI is InChI=1S/C14H18N2O2S/c1-9-7-10-11(19-9)5-6-16(13(10)18)8-12(17)15-14(2,3)4/h5-7H,8H2,1-4H3,(H,15,17). The van der Waals surface area contributed by atoms with E-state index in [0.717, 1.165) is 9.58 Å². The zero-order valence-corrected chi connectivity index (χ0v) is 12.4. The molecule has 1 amide bonds. The monoisotopic (exact) mass is 278 g/mol. The lowest BCUT2D eigenvalue weighted by Crippen LogP contribution is -2.43. The number of carbonyl (C=O) groups excluding carboxylic acids is 1. The number of pyridine rings is 1. The molecule has 2 heterocycles. The summed E-state index contributed by atoms with van der Waals surface area (Å²) in [5.41, 5.74) is -0.394. The van der Waals surface area contributed by atoms with Gasteiger partial charge in [0, 0.05) is 21.3 Å². The lowest BCUT2D eigenvalue weighted by atomic mass is 10.1. The Bertz CT molecular complexity index is 677.